The first-order chi connectivity index (χ1) is 19.9. The molecule has 0 bridgehead atoms. The molecule has 0 atom stereocenters. The van der Waals surface area contributed by atoms with E-state index in [-0.39, 0.29) is 30.8 Å². The molecule has 2 aliphatic heterocycles. The summed E-state index contributed by atoms with van der Waals surface area (Å²) in [5.74, 6) is 0.0360. The van der Waals surface area contributed by atoms with Crippen LogP contribution in [0.5, 0.6) is 0 Å². The van der Waals surface area contributed by atoms with Crippen molar-refractivity contribution in [3.63, 3.8) is 0 Å². The number of rotatable bonds is 6. The molecule has 0 radical (unpaired) electrons. The first kappa shape index (κ1) is 27.0. The van der Waals surface area contributed by atoms with Gasteiger partial charge < -0.3 is 24.7 Å². The Hall–Kier alpha value is -4.22. The van der Waals surface area contributed by atoms with Gasteiger partial charge in [-0.05, 0) is 80.8 Å². The van der Waals surface area contributed by atoms with E-state index in [1.807, 2.05) is 11.8 Å². The maximum Gasteiger partial charge on any atom is 0.233 e. The van der Waals surface area contributed by atoms with Gasteiger partial charge in [-0.1, -0.05) is 0 Å². The lowest BCUT2D eigenvalue weighted by Crippen LogP contribution is -2.51. The number of halogens is 2. The third-order valence-corrected chi connectivity index (χ3v) is 7.34. The summed E-state index contributed by atoms with van der Waals surface area (Å²) in [6, 6.07) is 13.6. The molecule has 0 spiro atoms. The van der Waals surface area contributed by atoms with Crippen molar-refractivity contribution < 1.29 is 23.0 Å². The Morgan fingerprint density at radius 2 is 1.61 bits per heavy atom. The fourth-order valence-corrected chi connectivity index (χ4v) is 5.09. The van der Waals surface area contributed by atoms with Crippen LogP contribution >= 0.6 is 0 Å². The van der Waals surface area contributed by atoms with E-state index in [0.717, 1.165) is 32.4 Å². The number of nitrogens with zero attached hydrogens (tertiary/aromatic N) is 4. The Morgan fingerprint density at radius 3 is 2.29 bits per heavy atom. The van der Waals surface area contributed by atoms with E-state index in [0.29, 0.717) is 40.1 Å². The van der Waals surface area contributed by atoms with Gasteiger partial charge in [0.25, 0.3) is 0 Å². The van der Waals surface area contributed by atoms with Gasteiger partial charge in [0.05, 0.1) is 35.7 Å². The molecular formula is C30H30F2N6O3. The molecule has 0 aliphatic carbocycles. The highest BCUT2D eigenvalue weighted by atomic mass is 19.1. The molecule has 0 saturated carbocycles. The van der Waals surface area contributed by atoms with Crippen molar-refractivity contribution in [1.82, 2.24) is 24.8 Å². The highest BCUT2D eigenvalue weighted by Gasteiger charge is 2.43. The monoisotopic (exact) mass is 560 g/mol. The number of ether oxygens (including phenoxy) is 2. The SMILES string of the molecule is CC1(C(=O)N2CCCCC2)COC(c2nc(-c3ccc(F)cc3)c(-c3ccnc(Nc4ccc(F)cc4)n3)[nH]2)OC1. The van der Waals surface area contributed by atoms with Gasteiger partial charge in [-0.3, -0.25) is 4.79 Å². The van der Waals surface area contributed by atoms with E-state index >= 15 is 0 Å². The van der Waals surface area contributed by atoms with Crippen LogP contribution in [0, 0.1) is 17.0 Å². The van der Waals surface area contributed by atoms with Crippen molar-refractivity contribution in [1.29, 1.82) is 0 Å². The molecule has 2 saturated heterocycles. The van der Waals surface area contributed by atoms with Gasteiger partial charge in [-0.15, -0.1) is 0 Å². The summed E-state index contributed by atoms with van der Waals surface area (Å²) < 4.78 is 39.2. The second-order valence-electron chi connectivity index (χ2n) is 10.6. The number of amides is 1. The highest BCUT2D eigenvalue weighted by Crippen LogP contribution is 2.36. The number of aromatic amines is 1. The maximum absolute atomic E-state index is 13.7. The molecule has 9 nitrogen and oxygen atoms in total. The van der Waals surface area contributed by atoms with Gasteiger partial charge in [0.15, 0.2) is 5.82 Å². The van der Waals surface area contributed by atoms with Gasteiger partial charge >= 0.3 is 0 Å². The largest absolute Gasteiger partial charge is 0.345 e. The van der Waals surface area contributed by atoms with Crippen LogP contribution in [0.2, 0.25) is 0 Å². The number of carbonyl (C=O) groups excluding carboxylic acids is 1. The van der Waals surface area contributed by atoms with Crippen LogP contribution in [0.25, 0.3) is 22.6 Å². The Labute approximate surface area is 236 Å². The van der Waals surface area contributed by atoms with Crippen LogP contribution in [0.4, 0.5) is 20.4 Å². The Balaban J connectivity index is 1.27. The molecule has 1 amide bonds. The van der Waals surface area contributed by atoms with Crippen molar-refractivity contribution in [2.24, 2.45) is 5.41 Å². The minimum atomic E-state index is -0.830. The number of benzene rings is 2. The first-order valence-electron chi connectivity index (χ1n) is 13.6. The molecule has 2 fully saturated rings. The molecule has 6 rings (SSSR count). The van der Waals surface area contributed by atoms with Crippen molar-refractivity contribution in [3.8, 4) is 22.6 Å². The van der Waals surface area contributed by atoms with Crippen LogP contribution in [-0.2, 0) is 14.3 Å². The molecule has 2 aromatic carbocycles. The van der Waals surface area contributed by atoms with E-state index in [9.17, 15) is 13.6 Å². The Kier molecular flexibility index (Phi) is 7.46. The Bertz CT molecular complexity index is 1510. The molecule has 212 valence electrons. The van der Waals surface area contributed by atoms with Crippen molar-refractivity contribution in [2.75, 3.05) is 31.6 Å². The topological polar surface area (TPSA) is 105 Å². The quantitative estimate of drug-likeness (QED) is 0.315. The van der Waals surface area contributed by atoms with E-state index in [1.54, 1.807) is 36.5 Å². The summed E-state index contributed by atoms with van der Waals surface area (Å²) in [6.07, 6.45) is 3.93. The zero-order valence-electron chi connectivity index (χ0n) is 22.6. The van der Waals surface area contributed by atoms with Crippen LogP contribution in [0.3, 0.4) is 0 Å². The summed E-state index contributed by atoms with van der Waals surface area (Å²) in [5.41, 5.74) is 2.10. The zero-order valence-corrected chi connectivity index (χ0v) is 22.6. The van der Waals surface area contributed by atoms with E-state index in [1.165, 1.54) is 24.3 Å². The Morgan fingerprint density at radius 1 is 0.951 bits per heavy atom. The number of piperidine rings is 1. The first-order valence-corrected chi connectivity index (χ1v) is 13.6. The third-order valence-electron chi connectivity index (χ3n) is 7.34. The third kappa shape index (κ3) is 5.82. The molecule has 4 heterocycles. The lowest BCUT2D eigenvalue weighted by Gasteiger charge is -2.40. The van der Waals surface area contributed by atoms with Crippen molar-refractivity contribution in [2.45, 2.75) is 32.5 Å². The average Bonchev–Trinajstić information content (AvgIpc) is 3.45. The zero-order chi connectivity index (χ0) is 28.4. The number of aromatic nitrogens is 4. The molecule has 11 heteroatoms. The summed E-state index contributed by atoms with van der Waals surface area (Å²) in [5, 5.41) is 3.07. The molecule has 0 unspecified atom stereocenters. The molecule has 2 aliphatic rings. The standard InChI is InChI=1S/C30H30F2N6O3/c1-30(28(39)38-15-3-2-4-16-38)17-40-27(41-18-30)26-36-24(19-5-7-20(31)8-6-19)25(37-26)23-13-14-33-29(35-23)34-22-11-9-21(32)10-12-22/h5-14,27H,2-4,15-18H2,1H3,(H,36,37)(H,33,34,35). The predicted molar refractivity (Wildman–Crippen MR) is 148 cm³/mol. The molecule has 2 aromatic heterocycles. The molecule has 41 heavy (non-hydrogen) atoms. The van der Waals surface area contributed by atoms with Crippen LogP contribution in [0.1, 0.15) is 38.3 Å². The van der Waals surface area contributed by atoms with Crippen LogP contribution in [-0.4, -0.2) is 57.0 Å². The van der Waals surface area contributed by atoms with E-state index < -0.39 is 11.7 Å². The summed E-state index contributed by atoms with van der Waals surface area (Å²) >= 11 is 0. The lowest BCUT2D eigenvalue weighted by molar-refractivity contribution is -0.234. The number of carbonyl (C=O) groups is 1. The highest BCUT2D eigenvalue weighted by molar-refractivity contribution is 5.83. The predicted octanol–water partition coefficient (Wildman–Crippen LogP) is 5.62. The number of hydrogen-bond acceptors (Lipinski definition) is 7. The average molecular weight is 561 g/mol. The number of imidazole rings is 1. The van der Waals surface area contributed by atoms with E-state index in [4.69, 9.17) is 14.5 Å². The van der Waals surface area contributed by atoms with Crippen LogP contribution < -0.4 is 5.32 Å². The number of likely N-dealkylation sites (tertiary alicyclic amines) is 1. The van der Waals surface area contributed by atoms with Gasteiger partial charge in [-0.2, -0.15) is 0 Å². The minimum Gasteiger partial charge on any atom is -0.345 e. The number of nitrogens with one attached hydrogen (secondary N) is 2. The molecule has 4 aromatic rings. The smallest absolute Gasteiger partial charge is 0.233 e. The van der Waals surface area contributed by atoms with Gasteiger partial charge in [0.1, 0.15) is 11.6 Å². The van der Waals surface area contributed by atoms with Gasteiger partial charge in [0, 0.05) is 30.5 Å². The summed E-state index contributed by atoms with van der Waals surface area (Å²) in [7, 11) is 0. The van der Waals surface area contributed by atoms with E-state index in [2.05, 4.69) is 20.3 Å². The fourth-order valence-electron chi connectivity index (χ4n) is 5.09. The second-order valence-corrected chi connectivity index (χ2v) is 10.6. The number of hydrogen-bond donors (Lipinski definition) is 2. The van der Waals surface area contributed by atoms with Crippen molar-refractivity contribution in [3.05, 3.63) is 78.3 Å². The number of H-pyrrole nitrogens is 1. The van der Waals surface area contributed by atoms with Gasteiger partial charge in [0.2, 0.25) is 18.1 Å². The molecule has 2 N–H and O–H groups in total. The number of anilines is 2. The normalized spacial score (nSPS) is 21.0. The lowest BCUT2D eigenvalue weighted by atomic mass is 9.89. The fraction of sp³-hybridized carbons (Fsp3) is 0.333. The molecular weight excluding hydrogens is 530 g/mol. The van der Waals surface area contributed by atoms with Crippen LogP contribution in [0.15, 0.2) is 60.8 Å². The minimum absolute atomic E-state index is 0.0463. The second kappa shape index (κ2) is 11.3. The summed E-state index contributed by atoms with van der Waals surface area (Å²) in [6.45, 7) is 3.77. The maximum atomic E-state index is 13.7. The van der Waals surface area contributed by atoms with Gasteiger partial charge in [-0.25, -0.2) is 23.7 Å². The van der Waals surface area contributed by atoms with Crippen molar-refractivity contribution >= 4 is 17.5 Å². The summed E-state index contributed by atoms with van der Waals surface area (Å²) in [4.78, 5) is 32.1.